The first-order chi connectivity index (χ1) is 7.59. The quantitative estimate of drug-likeness (QED) is 0.763. The van der Waals surface area contributed by atoms with Gasteiger partial charge in [0.2, 0.25) is 0 Å². The monoisotopic (exact) mass is 238 g/mol. The minimum absolute atomic E-state index is 0.263. The van der Waals surface area contributed by atoms with E-state index in [1.54, 1.807) is 12.3 Å². The second kappa shape index (κ2) is 4.15. The highest BCUT2D eigenvalue weighted by Crippen LogP contribution is 2.27. The van der Waals surface area contributed by atoms with Crippen molar-refractivity contribution >= 4 is 28.5 Å². The number of hydrogen-bond donors (Lipinski definition) is 3. The Labute approximate surface area is 97.0 Å². The van der Waals surface area contributed by atoms with E-state index in [0.717, 1.165) is 16.5 Å². The molecule has 0 saturated heterocycles. The van der Waals surface area contributed by atoms with Gasteiger partial charge in [-0.2, -0.15) is 0 Å². The molecule has 84 valence electrons. The summed E-state index contributed by atoms with van der Waals surface area (Å²) in [6, 6.07) is 4.59. The molecule has 2 aromatic rings. The number of carboxylic acid groups (broad SMARTS) is 1. The van der Waals surface area contributed by atoms with E-state index in [2.05, 4.69) is 4.98 Å². The third-order valence-corrected chi connectivity index (χ3v) is 2.81. The van der Waals surface area contributed by atoms with Crippen LogP contribution in [-0.4, -0.2) is 22.1 Å². The fourth-order valence-electron chi connectivity index (χ4n) is 1.69. The van der Waals surface area contributed by atoms with Gasteiger partial charge in [0.1, 0.15) is 6.04 Å². The van der Waals surface area contributed by atoms with E-state index in [1.807, 2.05) is 12.1 Å². The number of carbonyl (C=O) groups is 1. The van der Waals surface area contributed by atoms with Gasteiger partial charge in [0, 0.05) is 23.5 Å². The van der Waals surface area contributed by atoms with Crippen LogP contribution in [-0.2, 0) is 11.2 Å². The summed E-state index contributed by atoms with van der Waals surface area (Å²) in [5.41, 5.74) is 7.21. The molecule has 2 rings (SSSR count). The van der Waals surface area contributed by atoms with E-state index in [9.17, 15) is 4.79 Å². The summed E-state index contributed by atoms with van der Waals surface area (Å²) in [6.45, 7) is 0. The van der Waals surface area contributed by atoms with E-state index >= 15 is 0 Å². The van der Waals surface area contributed by atoms with Crippen molar-refractivity contribution in [1.29, 1.82) is 0 Å². The van der Waals surface area contributed by atoms with E-state index in [1.165, 1.54) is 0 Å². The SMILES string of the molecule is NC(Cc1c[nH]c2cccc(Cl)c12)C(=O)O. The number of halogens is 1. The number of aromatic nitrogens is 1. The third-order valence-electron chi connectivity index (χ3n) is 2.49. The van der Waals surface area contributed by atoms with Crippen LogP contribution in [0.2, 0.25) is 5.02 Å². The van der Waals surface area contributed by atoms with Crippen molar-refractivity contribution in [2.75, 3.05) is 0 Å². The largest absolute Gasteiger partial charge is 0.480 e. The number of fused-ring (bicyclic) bond motifs is 1. The molecule has 0 saturated carbocycles. The number of aliphatic carboxylic acids is 1. The number of aromatic amines is 1. The Morgan fingerprint density at radius 1 is 1.56 bits per heavy atom. The zero-order chi connectivity index (χ0) is 11.7. The fourth-order valence-corrected chi connectivity index (χ4v) is 1.99. The Kier molecular flexibility index (Phi) is 2.85. The Hall–Kier alpha value is -1.52. The van der Waals surface area contributed by atoms with Crippen molar-refractivity contribution in [1.82, 2.24) is 4.98 Å². The van der Waals surface area contributed by atoms with Gasteiger partial charge in [-0.15, -0.1) is 0 Å². The van der Waals surface area contributed by atoms with Crippen molar-refractivity contribution < 1.29 is 9.90 Å². The predicted octanol–water partition coefficient (Wildman–Crippen LogP) is 1.78. The lowest BCUT2D eigenvalue weighted by Gasteiger charge is -2.05. The van der Waals surface area contributed by atoms with Crippen LogP contribution in [0.15, 0.2) is 24.4 Å². The summed E-state index contributed by atoms with van der Waals surface area (Å²) in [5, 5.41) is 10.2. The van der Waals surface area contributed by atoms with Gasteiger partial charge >= 0.3 is 5.97 Å². The van der Waals surface area contributed by atoms with Crippen LogP contribution >= 0.6 is 11.6 Å². The molecule has 1 atom stereocenters. The number of nitrogens with one attached hydrogen (secondary N) is 1. The second-order valence-electron chi connectivity index (χ2n) is 3.63. The van der Waals surface area contributed by atoms with Crippen molar-refractivity contribution in [3.8, 4) is 0 Å². The smallest absolute Gasteiger partial charge is 0.320 e. The molecule has 0 aliphatic rings. The van der Waals surface area contributed by atoms with Crippen LogP contribution in [0.4, 0.5) is 0 Å². The van der Waals surface area contributed by atoms with Gasteiger partial charge in [0.25, 0.3) is 0 Å². The zero-order valence-corrected chi connectivity index (χ0v) is 9.16. The molecule has 0 bridgehead atoms. The summed E-state index contributed by atoms with van der Waals surface area (Å²) < 4.78 is 0. The first-order valence-electron chi connectivity index (χ1n) is 4.82. The van der Waals surface area contributed by atoms with Gasteiger partial charge in [-0.3, -0.25) is 4.79 Å². The summed E-state index contributed by atoms with van der Waals surface area (Å²) in [5.74, 6) is -1.01. The van der Waals surface area contributed by atoms with Crippen molar-refractivity contribution in [3.05, 3.63) is 35.0 Å². The Bertz CT molecular complexity index is 536. The Balaban J connectivity index is 2.42. The maximum absolute atomic E-state index is 10.7. The fraction of sp³-hybridized carbons (Fsp3) is 0.182. The standard InChI is InChI=1S/C11H11ClN2O2/c12-7-2-1-3-9-10(7)6(5-14-9)4-8(13)11(15)16/h1-3,5,8,14H,4,13H2,(H,15,16). The molecular weight excluding hydrogens is 228 g/mol. The molecule has 0 fully saturated rings. The molecule has 0 aliphatic heterocycles. The normalized spacial score (nSPS) is 12.9. The van der Waals surface area contributed by atoms with Crippen LogP contribution in [0, 0.1) is 0 Å². The predicted molar refractivity (Wildman–Crippen MR) is 62.6 cm³/mol. The first kappa shape index (κ1) is 11.0. The van der Waals surface area contributed by atoms with Gasteiger partial charge in [-0.25, -0.2) is 0 Å². The minimum atomic E-state index is -1.01. The van der Waals surface area contributed by atoms with Crippen LogP contribution in [0.3, 0.4) is 0 Å². The number of nitrogens with two attached hydrogens (primary N) is 1. The Morgan fingerprint density at radius 3 is 3.00 bits per heavy atom. The lowest BCUT2D eigenvalue weighted by atomic mass is 10.1. The number of hydrogen-bond acceptors (Lipinski definition) is 2. The Morgan fingerprint density at radius 2 is 2.31 bits per heavy atom. The minimum Gasteiger partial charge on any atom is -0.480 e. The van der Waals surface area contributed by atoms with E-state index < -0.39 is 12.0 Å². The van der Waals surface area contributed by atoms with Crippen LogP contribution in [0.5, 0.6) is 0 Å². The molecule has 1 heterocycles. The third kappa shape index (κ3) is 1.89. The summed E-state index contributed by atoms with van der Waals surface area (Å²) in [6.07, 6.45) is 2.01. The highest BCUT2D eigenvalue weighted by molar-refractivity contribution is 6.35. The van der Waals surface area contributed by atoms with E-state index in [0.29, 0.717) is 5.02 Å². The van der Waals surface area contributed by atoms with Crippen molar-refractivity contribution in [2.45, 2.75) is 12.5 Å². The molecule has 0 amide bonds. The lowest BCUT2D eigenvalue weighted by molar-refractivity contribution is -0.138. The molecule has 5 heteroatoms. The van der Waals surface area contributed by atoms with Gasteiger partial charge in [0.05, 0.1) is 5.02 Å². The lowest BCUT2D eigenvalue weighted by Crippen LogP contribution is -2.32. The van der Waals surface area contributed by atoms with Gasteiger partial charge in [-0.1, -0.05) is 17.7 Å². The van der Waals surface area contributed by atoms with E-state index in [-0.39, 0.29) is 6.42 Å². The molecule has 0 aliphatic carbocycles. The van der Waals surface area contributed by atoms with Crippen molar-refractivity contribution in [3.63, 3.8) is 0 Å². The number of benzene rings is 1. The molecule has 0 spiro atoms. The number of carboxylic acids is 1. The zero-order valence-electron chi connectivity index (χ0n) is 8.40. The molecule has 4 nitrogen and oxygen atoms in total. The van der Waals surface area contributed by atoms with Crippen LogP contribution < -0.4 is 5.73 Å². The molecule has 1 aromatic heterocycles. The topological polar surface area (TPSA) is 79.1 Å². The molecule has 1 aromatic carbocycles. The maximum Gasteiger partial charge on any atom is 0.320 e. The average Bonchev–Trinajstić information content (AvgIpc) is 2.63. The number of H-pyrrole nitrogens is 1. The highest BCUT2D eigenvalue weighted by atomic mass is 35.5. The molecule has 4 N–H and O–H groups in total. The van der Waals surface area contributed by atoms with Crippen LogP contribution in [0.25, 0.3) is 10.9 Å². The first-order valence-corrected chi connectivity index (χ1v) is 5.20. The summed E-state index contributed by atoms with van der Waals surface area (Å²) >= 11 is 6.06. The summed E-state index contributed by atoms with van der Waals surface area (Å²) in [4.78, 5) is 13.7. The molecular formula is C11H11ClN2O2. The number of rotatable bonds is 3. The molecule has 1 unspecified atom stereocenters. The van der Waals surface area contributed by atoms with E-state index in [4.69, 9.17) is 22.4 Å². The molecule has 16 heavy (non-hydrogen) atoms. The van der Waals surface area contributed by atoms with Gasteiger partial charge in [0.15, 0.2) is 0 Å². The van der Waals surface area contributed by atoms with Crippen LogP contribution in [0.1, 0.15) is 5.56 Å². The maximum atomic E-state index is 10.7. The van der Waals surface area contributed by atoms with Crippen molar-refractivity contribution in [2.24, 2.45) is 5.73 Å². The van der Waals surface area contributed by atoms with Gasteiger partial charge in [-0.05, 0) is 17.7 Å². The van der Waals surface area contributed by atoms with Gasteiger partial charge < -0.3 is 15.8 Å². The second-order valence-corrected chi connectivity index (χ2v) is 4.03. The summed E-state index contributed by atoms with van der Waals surface area (Å²) in [7, 11) is 0. The highest BCUT2D eigenvalue weighted by Gasteiger charge is 2.15. The average molecular weight is 239 g/mol. The molecule has 0 radical (unpaired) electrons.